The molecule has 1 aromatic heterocycles. The van der Waals surface area contributed by atoms with Crippen molar-refractivity contribution in [3.05, 3.63) is 105 Å². The van der Waals surface area contributed by atoms with Crippen LogP contribution < -0.4 is 5.56 Å². The summed E-state index contributed by atoms with van der Waals surface area (Å²) in [7, 11) is 0. The van der Waals surface area contributed by atoms with E-state index in [2.05, 4.69) is 6.07 Å². The van der Waals surface area contributed by atoms with Crippen LogP contribution in [0.15, 0.2) is 71.5 Å². The quantitative estimate of drug-likeness (QED) is 0.490. The van der Waals surface area contributed by atoms with Gasteiger partial charge in [0.2, 0.25) is 0 Å². The maximum atomic E-state index is 13.3. The van der Waals surface area contributed by atoms with E-state index < -0.39 is 0 Å². The minimum absolute atomic E-state index is 0.116. The number of para-hydroxylation sites is 1. The molecule has 3 nitrogen and oxygen atoms in total. The van der Waals surface area contributed by atoms with Gasteiger partial charge in [-0.25, -0.2) is 9.37 Å². The third-order valence-corrected chi connectivity index (χ3v) is 4.56. The van der Waals surface area contributed by atoms with Gasteiger partial charge in [0.1, 0.15) is 11.6 Å². The Kier molecular flexibility index (Phi) is 4.62. The van der Waals surface area contributed by atoms with Gasteiger partial charge in [0.05, 0.1) is 16.6 Å². The van der Waals surface area contributed by atoms with E-state index in [0.717, 1.165) is 22.4 Å². The highest BCUT2D eigenvalue weighted by Gasteiger charge is 2.11. The van der Waals surface area contributed by atoms with Gasteiger partial charge < -0.3 is 0 Å². The zero-order valence-electron chi connectivity index (χ0n) is 15.7. The van der Waals surface area contributed by atoms with Gasteiger partial charge >= 0.3 is 0 Å². The summed E-state index contributed by atoms with van der Waals surface area (Å²) in [6.07, 6.45) is 3.62. The van der Waals surface area contributed by atoms with E-state index in [4.69, 9.17) is 4.98 Å². The normalized spacial score (nSPS) is 11.4. The van der Waals surface area contributed by atoms with Gasteiger partial charge in [-0.2, -0.15) is 0 Å². The van der Waals surface area contributed by atoms with Crippen LogP contribution in [0.4, 0.5) is 4.39 Å². The molecule has 0 unspecified atom stereocenters. The molecule has 0 aliphatic carbocycles. The first-order valence-corrected chi connectivity index (χ1v) is 9.05. The first-order chi connectivity index (χ1) is 13.5. The number of hydrogen-bond donors (Lipinski definition) is 0. The van der Waals surface area contributed by atoms with Crippen LogP contribution in [0.25, 0.3) is 28.7 Å². The minimum Gasteiger partial charge on any atom is -0.268 e. The largest absolute Gasteiger partial charge is 0.268 e. The lowest BCUT2D eigenvalue weighted by Gasteiger charge is -2.13. The molecular formula is C24H19FN2O. The molecule has 0 saturated heterocycles. The van der Waals surface area contributed by atoms with Crippen LogP contribution in [0.3, 0.4) is 0 Å². The molecule has 0 spiro atoms. The zero-order valence-corrected chi connectivity index (χ0v) is 15.7. The molecule has 0 aliphatic heterocycles. The maximum Gasteiger partial charge on any atom is 0.266 e. The molecule has 4 rings (SSSR count). The number of nitrogens with zero attached hydrogens (tertiary/aromatic N) is 2. The van der Waals surface area contributed by atoms with Crippen LogP contribution >= 0.6 is 0 Å². The monoisotopic (exact) mass is 370 g/mol. The Morgan fingerprint density at radius 2 is 1.57 bits per heavy atom. The lowest BCUT2D eigenvalue weighted by atomic mass is 10.1. The Morgan fingerprint density at radius 1 is 0.893 bits per heavy atom. The molecule has 1 heterocycles. The first-order valence-electron chi connectivity index (χ1n) is 9.05. The number of aryl methyl sites for hydroxylation is 2. The van der Waals surface area contributed by atoms with E-state index in [0.29, 0.717) is 16.7 Å². The van der Waals surface area contributed by atoms with Crippen molar-refractivity contribution >= 4 is 23.1 Å². The van der Waals surface area contributed by atoms with Crippen molar-refractivity contribution in [3.63, 3.8) is 0 Å². The van der Waals surface area contributed by atoms with Crippen LogP contribution in [0, 0.1) is 19.7 Å². The topological polar surface area (TPSA) is 34.9 Å². The highest BCUT2D eigenvalue weighted by Crippen LogP contribution is 2.18. The zero-order chi connectivity index (χ0) is 19.7. The number of rotatable bonds is 3. The van der Waals surface area contributed by atoms with Crippen LogP contribution in [0.1, 0.15) is 22.5 Å². The lowest BCUT2D eigenvalue weighted by Crippen LogP contribution is -2.22. The number of fused-ring (bicyclic) bond motifs is 1. The summed E-state index contributed by atoms with van der Waals surface area (Å²) < 4.78 is 14.8. The molecule has 0 atom stereocenters. The van der Waals surface area contributed by atoms with Crippen LogP contribution in [-0.4, -0.2) is 9.55 Å². The molecule has 0 radical (unpaired) electrons. The van der Waals surface area contributed by atoms with E-state index in [-0.39, 0.29) is 11.4 Å². The number of hydrogen-bond acceptors (Lipinski definition) is 2. The van der Waals surface area contributed by atoms with Crippen molar-refractivity contribution in [1.29, 1.82) is 0 Å². The summed E-state index contributed by atoms with van der Waals surface area (Å²) in [5.74, 6) is 0.242. The lowest BCUT2D eigenvalue weighted by molar-refractivity contribution is 0.628. The van der Waals surface area contributed by atoms with Crippen LogP contribution in [0.2, 0.25) is 0 Å². The van der Waals surface area contributed by atoms with Gasteiger partial charge in [-0.1, -0.05) is 36.4 Å². The molecule has 0 aliphatic rings. The molecule has 3 aromatic carbocycles. The summed E-state index contributed by atoms with van der Waals surface area (Å²) in [4.78, 5) is 18.0. The highest BCUT2D eigenvalue weighted by molar-refractivity contribution is 5.80. The third kappa shape index (κ3) is 3.49. The van der Waals surface area contributed by atoms with Crippen molar-refractivity contribution in [2.75, 3.05) is 0 Å². The molecule has 28 heavy (non-hydrogen) atoms. The molecular weight excluding hydrogens is 351 g/mol. The second-order valence-corrected chi connectivity index (χ2v) is 6.86. The molecule has 4 heteroatoms. The molecule has 0 saturated carbocycles. The first kappa shape index (κ1) is 17.9. The standard InChI is InChI=1S/C24H19FN2O/c1-16-13-17(2)15-20(14-16)27-23(12-9-18-7-10-19(25)11-8-18)26-22-6-4-3-5-21(22)24(27)28/h3-15H,1-2H3. The van der Waals surface area contributed by atoms with Gasteiger partial charge in [-0.15, -0.1) is 0 Å². The fraction of sp³-hybridized carbons (Fsp3) is 0.0833. The summed E-state index contributed by atoms with van der Waals surface area (Å²) in [5, 5.41) is 0.570. The number of aromatic nitrogens is 2. The average molecular weight is 370 g/mol. The van der Waals surface area contributed by atoms with Crippen molar-refractivity contribution in [2.24, 2.45) is 0 Å². The van der Waals surface area contributed by atoms with Crippen LogP contribution in [-0.2, 0) is 0 Å². The smallest absolute Gasteiger partial charge is 0.266 e. The Labute approximate surface area is 162 Å². The molecule has 0 amide bonds. The van der Waals surface area contributed by atoms with Crippen molar-refractivity contribution in [2.45, 2.75) is 13.8 Å². The molecule has 4 aromatic rings. The van der Waals surface area contributed by atoms with E-state index >= 15 is 0 Å². The fourth-order valence-corrected chi connectivity index (χ4v) is 3.34. The van der Waals surface area contributed by atoms with E-state index in [1.54, 1.807) is 28.8 Å². The number of benzene rings is 3. The Balaban J connectivity index is 1.95. The average Bonchev–Trinajstić information content (AvgIpc) is 2.67. The Hall–Kier alpha value is -3.53. The second-order valence-electron chi connectivity index (χ2n) is 6.86. The summed E-state index contributed by atoms with van der Waals surface area (Å²) in [5.41, 5.74) is 4.28. The van der Waals surface area contributed by atoms with Gasteiger partial charge in [-0.05, 0) is 73.0 Å². The SMILES string of the molecule is Cc1cc(C)cc(-n2c(C=Cc3ccc(F)cc3)nc3ccccc3c2=O)c1. The molecule has 0 fully saturated rings. The molecule has 0 bridgehead atoms. The minimum atomic E-state index is -0.284. The van der Waals surface area contributed by atoms with Crippen LogP contribution in [0.5, 0.6) is 0 Å². The third-order valence-electron chi connectivity index (χ3n) is 4.56. The highest BCUT2D eigenvalue weighted by atomic mass is 19.1. The summed E-state index contributed by atoms with van der Waals surface area (Å²) >= 11 is 0. The predicted molar refractivity (Wildman–Crippen MR) is 112 cm³/mol. The Morgan fingerprint density at radius 3 is 2.29 bits per heavy atom. The maximum absolute atomic E-state index is 13.3. The van der Waals surface area contributed by atoms with Gasteiger partial charge in [0.15, 0.2) is 0 Å². The van der Waals surface area contributed by atoms with E-state index in [9.17, 15) is 9.18 Å². The van der Waals surface area contributed by atoms with Gasteiger partial charge in [0, 0.05) is 0 Å². The molecule has 138 valence electrons. The van der Waals surface area contributed by atoms with Gasteiger partial charge in [-0.3, -0.25) is 9.36 Å². The Bertz CT molecular complexity index is 1230. The summed E-state index contributed by atoms with van der Waals surface area (Å²) in [6.45, 7) is 4.01. The second kappa shape index (κ2) is 7.24. The van der Waals surface area contributed by atoms with Crippen molar-refractivity contribution < 1.29 is 4.39 Å². The van der Waals surface area contributed by atoms with E-state index in [1.165, 1.54) is 12.1 Å². The van der Waals surface area contributed by atoms with E-state index in [1.807, 2.05) is 50.3 Å². The molecule has 0 N–H and O–H groups in total. The van der Waals surface area contributed by atoms with Gasteiger partial charge in [0.25, 0.3) is 5.56 Å². The van der Waals surface area contributed by atoms with Crippen molar-refractivity contribution in [3.8, 4) is 5.69 Å². The predicted octanol–water partition coefficient (Wildman–Crippen LogP) is 5.31. The fourth-order valence-electron chi connectivity index (χ4n) is 3.34. The number of halogens is 1. The summed E-state index contributed by atoms with van der Waals surface area (Å²) in [6, 6.07) is 19.5. The van der Waals surface area contributed by atoms with Crippen molar-refractivity contribution in [1.82, 2.24) is 9.55 Å².